The molecule has 92 valence electrons. The Bertz CT molecular complexity index is 426. The standard InChI is InChI=1S/C14H20N2O/c1-3-16-13-9-11(17-2)5-6-12(13)15-10-14(16)7-4-8-14/h5-6,9,15H,3-4,7-8,10H2,1-2H3. The summed E-state index contributed by atoms with van der Waals surface area (Å²) in [6.07, 6.45) is 3.98. The Hall–Kier alpha value is -1.38. The highest BCUT2D eigenvalue weighted by atomic mass is 16.5. The molecule has 1 heterocycles. The lowest BCUT2D eigenvalue weighted by atomic mass is 9.73. The fourth-order valence-corrected chi connectivity index (χ4v) is 3.16. The van der Waals surface area contributed by atoms with Crippen molar-refractivity contribution in [3.8, 4) is 5.75 Å². The Morgan fingerprint density at radius 3 is 2.82 bits per heavy atom. The number of likely N-dealkylation sites (N-methyl/N-ethyl adjacent to an activating group) is 1. The second-order valence-corrected chi connectivity index (χ2v) is 5.06. The summed E-state index contributed by atoms with van der Waals surface area (Å²) in [4.78, 5) is 2.56. The first-order valence-electron chi connectivity index (χ1n) is 6.49. The number of nitrogens with zero attached hydrogens (tertiary/aromatic N) is 1. The summed E-state index contributed by atoms with van der Waals surface area (Å²) in [7, 11) is 1.73. The molecule has 1 N–H and O–H groups in total. The number of fused-ring (bicyclic) bond motifs is 1. The maximum absolute atomic E-state index is 5.34. The monoisotopic (exact) mass is 232 g/mol. The molecule has 0 atom stereocenters. The van der Waals surface area contributed by atoms with Gasteiger partial charge in [0, 0.05) is 19.2 Å². The average molecular weight is 232 g/mol. The van der Waals surface area contributed by atoms with Crippen molar-refractivity contribution in [3.05, 3.63) is 18.2 Å². The van der Waals surface area contributed by atoms with Gasteiger partial charge in [-0.25, -0.2) is 0 Å². The van der Waals surface area contributed by atoms with Crippen LogP contribution in [0.1, 0.15) is 26.2 Å². The highest BCUT2D eigenvalue weighted by molar-refractivity contribution is 5.75. The first-order chi connectivity index (χ1) is 8.29. The first-order valence-corrected chi connectivity index (χ1v) is 6.49. The van der Waals surface area contributed by atoms with Gasteiger partial charge in [0.05, 0.1) is 24.0 Å². The number of hydrogen-bond acceptors (Lipinski definition) is 3. The van der Waals surface area contributed by atoms with E-state index in [1.54, 1.807) is 7.11 Å². The molecule has 3 heteroatoms. The number of anilines is 2. The van der Waals surface area contributed by atoms with Crippen LogP contribution in [0.5, 0.6) is 5.75 Å². The average Bonchev–Trinajstić information content (AvgIpc) is 2.34. The van der Waals surface area contributed by atoms with Gasteiger partial charge in [0.15, 0.2) is 0 Å². The molecule has 3 nitrogen and oxygen atoms in total. The number of nitrogens with one attached hydrogen (secondary N) is 1. The van der Waals surface area contributed by atoms with Gasteiger partial charge in [0.1, 0.15) is 5.75 Å². The van der Waals surface area contributed by atoms with E-state index in [-0.39, 0.29) is 0 Å². The summed E-state index contributed by atoms with van der Waals surface area (Å²) in [6.45, 7) is 4.40. The number of benzene rings is 1. The van der Waals surface area contributed by atoms with E-state index in [0.717, 1.165) is 18.8 Å². The zero-order valence-corrected chi connectivity index (χ0v) is 10.6. The number of ether oxygens (including phenoxy) is 1. The van der Waals surface area contributed by atoms with Crippen LogP contribution in [-0.4, -0.2) is 25.7 Å². The third-order valence-electron chi connectivity index (χ3n) is 4.28. The van der Waals surface area contributed by atoms with Gasteiger partial charge in [-0.1, -0.05) is 0 Å². The minimum atomic E-state index is 0.369. The Balaban J connectivity index is 2.02. The van der Waals surface area contributed by atoms with Crippen molar-refractivity contribution in [2.75, 3.05) is 30.4 Å². The number of rotatable bonds is 2. The lowest BCUT2D eigenvalue weighted by molar-refractivity contribution is 0.240. The summed E-state index contributed by atoms with van der Waals surface area (Å²) in [5, 5.41) is 3.57. The van der Waals surface area contributed by atoms with Crippen LogP contribution in [0.15, 0.2) is 18.2 Å². The molecule has 2 aliphatic rings. The maximum atomic E-state index is 5.34. The van der Waals surface area contributed by atoms with Crippen molar-refractivity contribution >= 4 is 11.4 Å². The molecule has 1 aromatic rings. The second-order valence-electron chi connectivity index (χ2n) is 5.06. The molecule has 17 heavy (non-hydrogen) atoms. The third-order valence-corrected chi connectivity index (χ3v) is 4.28. The molecule has 3 rings (SSSR count). The van der Waals surface area contributed by atoms with Gasteiger partial charge < -0.3 is 15.0 Å². The molecule has 1 fully saturated rings. The van der Waals surface area contributed by atoms with E-state index >= 15 is 0 Å². The van der Waals surface area contributed by atoms with E-state index in [2.05, 4.69) is 29.3 Å². The summed E-state index contributed by atoms with van der Waals surface area (Å²) in [6, 6.07) is 6.31. The lowest BCUT2D eigenvalue weighted by Gasteiger charge is -2.54. The molecule has 1 aliphatic carbocycles. The minimum Gasteiger partial charge on any atom is -0.497 e. The molecule has 0 radical (unpaired) electrons. The third kappa shape index (κ3) is 1.48. The molecule has 1 aromatic carbocycles. The van der Waals surface area contributed by atoms with E-state index in [9.17, 15) is 0 Å². The van der Waals surface area contributed by atoms with Crippen LogP contribution in [-0.2, 0) is 0 Å². The van der Waals surface area contributed by atoms with Gasteiger partial charge in [-0.2, -0.15) is 0 Å². The molecule has 0 aromatic heterocycles. The summed E-state index contributed by atoms with van der Waals surface area (Å²) < 4.78 is 5.34. The van der Waals surface area contributed by atoms with Crippen molar-refractivity contribution < 1.29 is 4.74 Å². The SMILES string of the molecule is CCN1c2cc(OC)ccc2NCC12CCC2. The van der Waals surface area contributed by atoms with Crippen molar-refractivity contribution in [2.24, 2.45) is 0 Å². The number of methoxy groups -OCH3 is 1. The molecule has 0 saturated heterocycles. The van der Waals surface area contributed by atoms with E-state index in [4.69, 9.17) is 4.74 Å². The van der Waals surface area contributed by atoms with E-state index in [1.807, 2.05) is 6.07 Å². The molecular formula is C14H20N2O. The smallest absolute Gasteiger partial charge is 0.121 e. The van der Waals surface area contributed by atoms with Crippen LogP contribution >= 0.6 is 0 Å². The Morgan fingerprint density at radius 1 is 1.41 bits per heavy atom. The van der Waals surface area contributed by atoms with Crippen molar-refractivity contribution in [1.82, 2.24) is 0 Å². The largest absolute Gasteiger partial charge is 0.497 e. The molecule has 0 bridgehead atoms. The first kappa shape index (κ1) is 10.8. The van der Waals surface area contributed by atoms with Crippen molar-refractivity contribution in [1.29, 1.82) is 0 Å². The normalized spacial score (nSPS) is 20.5. The van der Waals surface area contributed by atoms with E-state index < -0.39 is 0 Å². The molecule has 0 unspecified atom stereocenters. The molecular weight excluding hydrogens is 212 g/mol. The Morgan fingerprint density at radius 2 is 2.24 bits per heavy atom. The Labute approximate surface area is 103 Å². The van der Waals surface area contributed by atoms with Gasteiger partial charge in [-0.15, -0.1) is 0 Å². The lowest BCUT2D eigenvalue weighted by Crippen LogP contribution is -2.60. The van der Waals surface area contributed by atoms with Crippen LogP contribution in [0.25, 0.3) is 0 Å². The maximum Gasteiger partial charge on any atom is 0.121 e. The van der Waals surface area contributed by atoms with Gasteiger partial charge in [-0.05, 0) is 38.3 Å². The second kappa shape index (κ2) is 3.83. The van der Waals surface area contributed by atoms with Crippen LogP contribution in [0.3, 0.4) is 0 Å². The topological polar surface area (TPSA) is 24.5 Å². The van der Waals surface area contributed by atoms with Crippen LogP contribution < -0.4 is 15.0 Å². The van der Waals surface area contributed by atoms with Crippen LogP contribution in [0.4, 0.5) is 11.4 Å². The van der Waals surface area contributed by atoms with Gasteiger partial charge in [0.2, 0.25) is 0 Å². The van der Waals surface area contributed by atoms with Gasteiger partial charge in [-0.3, -0.25) is 0 Å². The summed E-state index contributed by atoms with van der Waals surface area (Å²) >= 11 is 0. The molecule has 1 spiro atoms. The van der Waals surface area contributed by atoms with Gasteiger partial charge in [0.25, 0.3) is 0 Å². The quantitative estimate of drug-likeness (QED) is 0.848. The Kier molecular flexibility index (Phi) is 2.42. The summed E-state index contributed by atoms with van der Waals surface area (Å²) in [5.74, 6) is 0.945. The van der Waals surface area contributed by atoms with Crippen LogP contribution in [0.2, 0.25) is 0 Å². The van der Waals surface area contributed by atoms with Crippen LogP contribution in [0, 0.1) is 0 Å². The highest BCUT2D eigenvalue weighted by Crippen LogP contribution is 2.46. The summed E-state index contributed by atoms with van der Waals surface area (Å²) in [5.41, 5.74) is 2.91. The fraction of sp³-hybridized carbons (Fsp3) is 0.571. The van der Waals surface area contributed by atoms with E-state index in [0.29, 0.717) is 5.54 Å². The zero-order valence-electron chi connectivity index (χ0n) is 10.6. The highest BCUT2D eigenvalue weighted by Gasteiger charge is 2.44. The van der Waals surface area contributed by atoms with E-state index in [1.165, 1.54) is 30.6 Å². The fourth-order valence-electron chi connectivity index (χ4n) is 3.16. The van der Waals surface area contributed by atoms with Crippen molar-refractivity contribution in [2.45, 2.75) is 31.7 Å². The number of hydrogen-bond donors (Lipinski definition) is 1. The molecule has 1 aliphatic heterocycles. The predicted molar refractivity (Wildman–Crippen MR) is 71.1 cm³/mol. The zero-order chi connectivity index (χ0) is 11.9. The van der Waals surface area contributed by atoms with Crippen molar-refractivity contribution in [3.63, 3.8) is 0 Å². The predicted octanol–water partition coefficient (Wildman–Crippen LogP) is 2.87. The van der Waals surface area contributed by atoms with Gasteiger partial charge >= 0.3 is 0 Å². The molecule has 1 saturated carbocycles. The molecule has 0 amide bonds. The minimum absolute atomic E-state index is 0.369.